The topological polar surface area (TPSA) is 35.6 Å². The standard InChI is InChI=1S/C14H27N3O/c1-16(2)11-13-6-4-8-17(13)14(18)9-12-5-3-7-15-10-12/h12-13,15H,3-11H2,1-2H3. The van der Waals surface area contributed by atoms with Gasteiger partial charge >= 0.3 is 0 Å². The van der Waals surface area contributed by atoms with E-state index in [1.807, 2.05) is 0 Å². The average molecular weight is 253 g/mol. The molecule has 2 saturated heterocycles. The summed E-state index contributed by atoms with van der Waals surface area (Å²) in [5.74, 6) is 0.944. The second-order valence-corrected chi connectivity index (χ2v) is 6.06. The van der Waals surface area contributed by atoms with Crippen LogP contribution in [0.1, 0.15) is 32.1 Å². The van der Waals surface area contributed by atoms with Crippen molar-refractivity contribution in [1.29, 1.82) is 0 Å². The molecule has 18 heavy (non-hydrogen) atoms. The summed E-state index contributed by atoms with van der Waals surface area (Å²) in [4.78, 5) is 16.7. The molecule has 2 unspecified atom stereocenters. The van der Waals surface area contributed by atoms with Crippen LogP contribution in [0.4, 0.5) is 0 Å². The second kappa shape index (κ2) is 6.53. The van der Waals surface area contributed by atoms with Gasteiger partial charge < -0.3 is 15.1 Å². The minimum absolute atomic E-state index is 0.382. The first-order valence-corrected chi connectivity index (χ1v) is 7.31. The molecule has 1 amide bonds. The fraction of sp³-hybridized carbons (Fsp3) is 0.929. The maximum absolute atomic E-state index is 12.4. The molecule has 1 N–H and O–H groups in total. The Balaban J connectivity index is 1.83. The van der Waals surface area contributed by atoms with Gasteiger partial charge in [-0.15, -0.1) is 0 Å². The number of piperidine rings is 1. The Bertz CT molecular complexity index is 274. The van der Waals surface area contributed by atoms with Crippen molar-refractivity contribution in [3.05, 3.63) is 0 Å². The SMILES string of the molecule is CN(C)CC1CCCN1C(=O)CC1CCCNC1. The molecule has 0 aromatic heterocycles. The fourth-order valence-corrected chi connectivity index (χ4v) is 3.24. The zero-order valence-corrected chi connectivity index (χ0v) is 11.8. The summed E-state index contributed by atoms with van der Waals surface area (Å²) in [5.41, 5.74) is 0. The summed E-state index contributed by atoms with van der Waals surface area (Å²) in [6.07, 6.45) is 5.53. The predicted molar refractivity (Wildman–Crippen MR) is 73.5 cm³/mol. The highest BCUT2D eigenvalue weighted by molar-refractivity contribution is 5.77. The van der Waals surface area contributed by atoms with E-state index in [2.05, 4.69) is 29.2 Å². The Hall–Kier alpha value is -0.610. The third-order valence-electron chi connectivity index (χ3n) is 4.14. The highest BCUT2D eigenvalue weighted by Gasteiger charge is 2.30. The molecule has 2 atom stereocenters. The molecule has 2 aliphatic rings. The van der Waals surface area contributed by atoms with Crippen LogP contribution in [0.5, 0.6) is 0 Å². The first-order valence-electron chi connectivity index (χ1n) is 7.31. The molecule has 0 aromatic carbocycles. The van der Waals surface area contributed by atoms with Crippen LogP contribution in [-0.2, 0) is 4.79 Å². The number of carbonyl (C=O) groups is 1. The van der Waals surface area contributed by atoms with Gasteiger partial charge in [0.2, 0.25) is 5.91 Å². The maximum atomic E-state index is 12.4. The van der Waals surface area contributed by atoms with Crippen molar-refractivity contribution < 1.29 is 4.79 Å². The number of nitrogens with one attached hydrogen (secondary N) is 1. The number of hydrogen-bond acceptors (Lipinski definition) is 3. The van der Waals surface area contributed by atoms with Crippen molar-refractivity contribution in [2.45, 2.75) is 38.1 Å². The van der Waals surface area contributed by atoms with Crippen LogP contribution in [0, 0.1) is 5.92 Å². The zero-order valence-electron chi connectivity index (χ0n) is 11.8. The van der Waals surface area contributed by atoms with Gasteiger partial charge in [-0.25, -0.2) is 0 Å². The van der Waals surface area contributed by atoms with Gasteiger partial charge in [-0.05, 0) is 58.8 Å². The normalized spacial score (nSPS) is 28.9. The number of rotatable bonds is 4. The van der Waals surface area contributed by atoms with Gasteiger partial charge in [0.25, 0.3) is 0 Å². The van der Waals surface area contributed by atoms with Crippen LogP contribution in [0.2, 0.25) is 0 Å². The molecular weight excluding hydrogens is 226 g/mol. The molecule has 0 aliphatic carbocycles. The number of nitrogens with zero attached hydrogens (tertiary/aromatic N) is 2. The van der Waals surface area contributed by atoms with Gasteiger partial charge in [-0.2, -0.15) is 0 Å². The van der Waals surface area contributed by atoms with Crippen LogP contribution in [-0.4, -0.2) is 62.0 Å². The maximum Gasteiger partial charge on any atom is 0.223 e. The van der Waals surface area contributed by atoms with Crippen LogP contribution in [0.15, 0.2) is 0 Å². The monoisotopic (exact) mass is 253 g/mol. The number of carbonyl (C=O) groups excluding carboxylic acids is 1. The van der Waals surface area contributed by atoms with E-state index in [-0.39, 0.29) is 0 Å². The predicted octanol–water partition coefficient (Wildman–Crippen LogP) is 0.929. The number of hydrogen-bond donors (Lipinski definition) is 1. The van der Waals surface area contributed by atoms with Gasteiger partial charge in [0, 0.05) is 25.6 Å². The second-order valence-electron chi connectivity index (χ2n) is 6.06. The van der Waals surface area contributed by atoms with E-state index >= 15 is 0 Å². The van der Waals surface area contributed by atoms with Gasteiger partial charge in [-0.1, -0.05) is 0 Å². The van der Waals surface area contributed by atoms with Crippen LogP contribution in [0.3, 0.4) is 0 Å². The van der Waals surface area contributed by atoms with Crippen LogP contribution < -0.4 is 5.32 Å². The number of likely N-dealkylation sites (N-methyl/N-ethyl adjacent to an activating group) is 1. The summed E-state index contributed by atoms with van der Waals surface area (Å²) < 4.78 is 0. The van der Waals surface area contributed by atoms with Crippen molar-refractivity contribution in [2.24, 2.45) is 5.92 Å². The summed E-state index contributed by atoms with van der Waals surface area (Å²) in [6.45, 7) is 4.13. The van der Waals surface area contributed by atoms with Crippen molar-refractivity contribution in [3.8, 4) is 0 Å². The Labute approximate surface area is 111 Å². The summed E-state index contributed by atoms with van der Waals surface area (Å²) in [7, 11) is 4.18. The molecule has 0 spiro atoms. The molecule has 0 bridgehead atoms. The number of amides is 1. The third kappa shape index (κ3) is 3.69. The Morgan fingerprint density at radius 3 is 2.83 bits per heavy atom. The minimum Gasteiger partial charge on any atom is -0.338 e. The molecule has 2 heterocycles. The van der Waals surface area contributed by atoms with E-state index in [0.29, 0.717) is 17.9 Å². The third-order valence-corrected chi connectivity index (χ3v) is 4.14. The van der Waals surface area contributed by atoms with E-state index in [1.54, 1.807) is 0 Å². The molecular formula is C14H27N3O. The molecule has 104 valence electrons. The lowest BCUT2D eigenvalue weighted by Gasteiger charge is -2.30. The Kier molecular flexibility index (Phi) is 5.01. The molecule has 2 aliphatic heterocycles. The first-order chi connectivity index (χ1) is 8.66. The quantitative estimate of drug-likeness (QED) is 0.809. The smallest absolute Gasteiger partial charge is 0.223 e. The van der Waals surface area contributed by atoms with Crippen LogP contribution >= 0.6 is 0 Å². The number of likely N-dealkylation sites (tertiary alicyclic amines) is 1. The molecule has 4 nitrogen and oxygen atoms in total. The van der Waals surface area contributed by atoms with E-state index in [9.17, 15) is 4.79 Å². The highest BCUT2D eigenvalue weighted by Crippen LogP contribution is 2.22. The largest absolute Gasteiger partial charge is 0.338 e. The molecule has 4 heteroatoms. The molecule has 0 aromatic rings. The Morgan fingerprint density at radius 1 is 1.33 bits per heavy atom. The first kappa shape index (κ1) is 13.8. The minimum atomic E-state index is 0.382. The van der Waals surface area contributed by atoms with Gasteiger partial charge in [0.1, 0.15) is 0 Å². The van der Waals surface area contributed by atoms with Gasteiger partial charge in [0.05, 0.1) is 0 Å². The van der Waals surface area contributed by atoms with E-state index < -0.39 is 0 Å². The molecule has 2 rings (SSSR count). The van der Waals surface area contributed by atoms with E-state index in [1.165, 1.54) is 25.7 Å². The van der Waals surface area contributed by atoms with Gasteiger partial charge in [-0.3, -0.25) is 4.79 Å². The average Bonchev–Trinajstić information content (AvgIpc) is 2.77. The van der Waals surface area contributed by atoms with E-state index in [4.69, 9.17) is 0 Å². The van der Waals surface area contributed by atoms with E-state index in [0.717, 1.165) is 32.6 Å². The molecule has 0 radical (unpaired) electrons. The zero-order chi connectivity index (χ0) is 13.0. The fourth-order valence-electron chi connectivity index (χ4n) is 3.24. The highest BCUT2D eigenvalue weighted by atomic mass is 16.2. The van der Waals surface area contributed by atoms with Crippen molar-refractivity contribution in [3.63, 3.8) is 0 Å². The van der Waals surface area contributed by atoms with Crippen molar-refractivity contribution in [1.82, 2.24) is 15.1 Å². The summed E-state index contributed by atoms with van der Waals surface area (Å²) in [6, 6.07) is 0.448. The van der Waals surface area contributed by atoms with Crippen LogP contribution in [0.25, 0.3) is 0 Å². The molecule has 0 saturated carbocycles. The van der Waals surface area contributed by atoms with Gasteiger partial charge in [0.15, 0.2) is 0 Å². The lowest BCUT2D eigenvalue weighted by molar-refractivity contribution is -0.133. The summed E-state index contributed by atoms with van der Waals surface area (Å²) in [5, 5.41) is 3.40. The van der Waals surface area contributed by atoms with Crippen molar-refractivity contribution >= 4 is 5.91 Å². The lowest BCUT2D eigenvalue weighted by atomic mass is 9.95. The molecule has 2 fully saturated rings. The summed E-state index contributed by atoms with van der Waals surface area (Å²) >= 11 is 0. The Morgan fingerprint density at radius 2 is 2.17 bits per heavy atom. The lowest BCUT2D eigenvalue weighted by Crippen LogP contribution is -2.43. The van der Waals surface area contributed by atoms with Crippen molar-refractivity contribution in [2.75, 3.05) is 40.3 Å².